The summed E-state index contributed by atoms with van der Waals surface area (Å²) in [6.07, 6.45) is 16.3. The van der Waals surface area contributed by atoms with Gasteiger partial charge in [-0.25, -0.2) is 0 Å². The predicted molar refractivity (Wildman–Crippen MR) is 532 cm³/mol. The van der Waals surface area contributed by atoms with Crippen LogP contribution < -0.4 is 15.1 Å². The standard InChI is InChI=1S/C15H14N6O.C13H9N7.C12H15N5O.2C9H11N5.C6H4ClNO.C6H5N3.C6H15N.C4H8O.C3H5ClO.C2H7N.C2H6O.CHCl3.CH4/c1-20(2)15(17-14(22)11-6-5-9-16-10-11)21-13-8-4-3-7-12(13)18-19-21;14-13(19-11-7-3-1-5-9(11)15-17-19)20-12-8-4-2-6-10(12)16-18-20;1-4-10(18)17-12(16(2)3)14-11(15-17)9-6-5-7-13-8-9;1-14(2)9-11-8(12-13-9)7-4-3-5-10-6-7;1-13(2)9(10)14-8-6-4-3-5-7(8)11-12-14;7-6(9)5-2-1-3-8-4-5;1-2-4-6-5(3-1)7-9-8-6;1-4-7(5-2)6-3;1-2-4-5-3-1;1-2-3(4)5;1-3-2;1-2-3;2-1(3)4;/h3-10H,1-2H3;1-8,14H;5-8H,4H2,1-3H3;3-6H,1-2H3,(H,11,12,13);3-6,10H,1-2H3;1-4H;1-4H,(H,7,8,9);4-6H2,1-3H3;1-4H2;2H2,1H3;3H,1-2H3;3H,2H2,1H3;1H;1H4. The number of halogens is 5. The van der Waals surface area contributed by atoms with Crippen molar-refractivity contribution in [3.8, 4) is 22.8 Å². The Morgan fingerprint density at radius 3 is 1.22 bits per heavy atom. The number of pyridine rings is 4. The Balaban J connectivity index is 0.000000316. The van der Waals surface area contributed by atoms with Gasteiger partial charge in [0.1, 0.15) is 33.1 Å². The molecule has 45 heteroatoms. The van der Waals surface area contributed by atoms with Gasteiger partial charge in [-0.2, -0.15) is 53.8 Å². The van der Waals surface area contributed by atoms with Gasteiger partial charge in [-0.15, -0.1) is 30.6 Å². The van der Waals surface area contributed by atoms with E-state index in [0.29, 0.717) is 53.6 Å². The highest BCUT2D eigenvalue weighted by molar-refractivity contribution is 6.67. The molecular weight excluding hydrogens is 1820 g/mol. The number of H-pyrrole nitrogens is 2. The van der Waals surface area contributed by atoms with Crippen LogP contribution in [0.3, 0.4) is 0 Å². The molecule has 6 N–H and O–H groups in total. The number of amides is 1. The van der Waals surface area contributed by atoms with E-state index in [-0.39, 0.29) is 37.0 Å². The number of carbonyl (C=O) groups excluding carboxylic acids is 4. The first-order chi connectivity index (χ1) is 64.1. The Morgan fingerprint density at radius 2 is 0.888 bits per heavy atom. The van der Waals surface area contributed by atoms with Gasteiger partial charge in [-0.3, -0.25) is 55.0 Å². The van der Waals surface area contributed by atoms with Crippen molar-refractivity contribution in [2.24, 2.45) is 4.99 Å². The molecule has 0 bridgehead atoms. The van der Waals surface area contributed by atoms with Crippen LogP contribution in [0.4, 0.5) is 11.9 Å². The highest BCUT2D eigenvalue weighted by Gasteiger charge is 2.20. The van der Waals surface area contributed by atoms with Crippen LogP contribution >= 0.6 is 58.0 Å². The molecule has 1 amide bonds. The lowest BCUT2D eigenvalue weighted by Gasteiger charge is -2.15. The normalized spacial score (nSPS) is 10.7. The number of anilines is 2. The highest BCUT2D eigenvalue weighted by atomic mass is 35.6. The Labute approximate surface area is 802 Å². The summed E-state index contributed by atoms with van der Waals surface area (Å²) >= 11 is 24.4. The summed E-state index contributed by atoms with van der Waals surface area (Å²) in [5.74, 6) is 2.77. The van der Waals surface area contributed by atoms with Crippen LogP contribution in [-0.2, 0) is 9.53 Å². The van der Waals surface area contributed by atoms with Crippen LogP contribution in [0.2, 0.25) is 0 Å². The monoisotopic (exact) mass is 1930 g/mol. The highest BCUT2D eigenvalue weighted by Crippen LogP contribution is 2.21. The minimum absolute atomic E-state index is 0. The molecule has 1 aliphatic heterocycles. The van der Waals surface area contributed by atoms with Crippen LogP contribution in [0.1, 0.15) is 100 Å². The van der Waals surface area contributed by atoms with Gasteiger partial charge in [0, 0.05) is 150 Å². The smallest absolute Gasteiger partial charge is 0.281 e. The molecule has 5 aromatic carbocycles. The Bertz CT molecular complexity index is 5960. The molecule has 1 saturated heterocycles. The minimum atomic E-state index is -0.750. The number of aromatic amines is 2. The second kappa shape index (κ2) is 62.5. The second-order valence-electron chi connectivity index (χ2n) is 27.5. The number of nitrogens with zero attached hydrogens (tertiary/aromatic N) is 29. The Kier molecular flexibility index (Phi) is 52.5. The van der Waals surface area contributed by atoms with Crippen molar-refractivity contribution in [3.05, 3.63) is 231 Å². The molecule has 0 unspecified atom stereocenters. The van der Waals surface area contributed by atoms with Gasteiger partial charge in [0.15, 0.2) is 15.9 Å². The summed E-state index contributed by atoms with van der Waals surface area (Å²) in [5, 5.41) is 79.3. The molecule has 1 fully saturated rings. The molecule has 17 rings (SSSR count). The molecule has 0 saturated carbocycles. The van der Waals surface area contributed by atoms with Crippen LogP contribution in [0, 0.1) is 10.8 Å². The van der Waals surface area contributed by atoms with Gasteiger partial charge < -0.3 is 39.7 Å². The number of nitrogens with one attached hydrogen (secondary N) is 5. The number of ether oxygens (including phenoxy) is 1. The largest absolute Gasteiger partial charge is 0.397 e. The van der Waals surface area contributed by atoms with E-state index in [0.717, 1.165) is 85.3 Å². The van der Waals surface area contributed by atoms with Crippen LogP contribution in [0.15, 0.2) is 224 Å². The lowest BCUT2D eigenvalue weighted by Crippen LogP contribution is -2.31. The van der Waals surface area contributed by atoms with Crippen molar-refractivity contribution in [2.75, 3.05) is 120 Å². The number of aromatic nitrogens is 25. The Hall–Kier alpha value is -13.8. The summed E-state index contributed by atoms with van der Waals surface area (Å²) in [4.78, 5) is 81.9. The minimum Gasteiger partial charge on any atom is -0.397 e. The number of aliphatic imine (C=N–C) groups is 1. The van der Waals surface area contributed by atoms with E-state index in [2.05, 4.69) is 138 Å². The lowest BCUT2D eigenvalue weighted by atomic mass is 10.3. The number of hydrogen-bond acceptors (Lipinski definition) is 30. The van der Waals surface area contributed by atoms with Gasteiger partial charge in [0.05, 0.1) is 33.2 Å². The van der Waals surface area contributed by atoms with E-state index in [1.807, 2.05) is 193 Å². The number of aliphatic hydroxyl groups is 1. The molecule has 0 atom stereocenters. The maximum atomic E-state index is 12.3. The molecule has 0 spiro atoms. The van der Waals surface area contributed by atoms with Gasteiger partial charge in [0.25, 0.3) is 11.1 Å². The van der Waals surface area contributed by atoms with E-state index >= 15 is 0 Å². The number of fused-ring (bicyclic) bond motifs is 5. The van der Waals surface area contributed by atoms with E-state index in [9.17, 15) is 19.2 Å². The molecule has 712 valence electrons. The summed E-state index contributed by atoms with van der Waals surface area (Å²) in [5.41, 5.74) is 10.6. The number of para-hydroxylation sites is 6. The lowest BCUT2D eigenvalue weighted by molar-refractivity contribution is -0.111. The van der Waals surface area contributed by atoms with Gasteiger partial charge in [-0.05, 0) is 186 Å². The molecule has 40 nitrogen and oxygen atoms in total. The van der Waals surface area contributed by atoms with Crippen molar-refractivity contribution in [1.82, 2.24) is 145 Å². The zero-order chi connectivity index (χ0) is 97.6. The summed E-state index contributed by atoms with van der Waals surface area (Å²) in [7, 11) is 18.4. The molecule has 16 aromatic rings. The van der Waals surface area contributed by atoms with E-state index in [1.54, 1.807) is 130 Å². The molecule has 0 radical (unpaired) electrons. The van der Waals surface area contributed by atoms with E-state index < -0.39 is 9.54 Å². The second-order valence-corrected chi connectivity index (χ2v) is 30.3. The van der Waals surface area contributed by atoms with E-state index in [4.69, 9.17) is 78.7 Å². The number of carbonyl (C=O) groups is 4. The van der Waals surface area contributed by atoms with Gasteiger partial charge in [-0.1, -0.05) is 158 Å². The maximum absolute atomic E-state index is 12.3. The first kappa shape index (κ1) is 112. The zero-order valence-electron chi connectivity index (χ0n) is 76.8. The van der Waals surface area contributed by atoms with Gasteiger partial charge >= 0.3 is 0 Å². The summed E-state index contributed by atoms with van der Waals surface area (Å²) in [6, 6.07) is 51.9. The van der Waals surface area contributed by atoms with Crippen LogP contribution in [-0.4, -0.2) is 299 Å². The van der Waals surface area contributed by atoms with Crippen molar-refractivity contribution in [2.45, 2.75) is 78.9 Å². The molecule has 12 heterocycles. The number of benzene rings is 5. The van der Waals surface area contributed by atoms with Crippen LogP contribution in [0.5, 0.6) is 0 Å². The van der Waals surface area contributed by atoms with Crippen molar-refractivity contribution < 1.29 is 29.0 Å². The fraction of sp³-hybridized carbons (Fsp3) is 0.315. The third-order valence-corrected chi connectivity index (χ3v) is 17.4. The fourth-order valence-electron chi connectivity index (χ4n) is 10.4. The Morgan fingerprint density at radius 1 is 0.500 bits per heavy atom. The van der Waals surface area contributed by atoms with E-state index in [1.165, 1.54) is 63.6 Å². The van der Waals surface area contributed by atoms with Crippen molar-refractivity contribution >= 4 is 165 Å². The molecular formula is C89H115Cl5N34O6. The van der Waals surface area contributed by atoms with Crippen molar-refractivity contribution in [1.29, 1.82) is 10.8 Å². The fourth-order valence-corrected chi connectivity index (χ4v) is 10.5. The third-order valence-electron chi connectivity index (χ3n) is 16.9. The van der Waals surface area contributed by atoms with Crippen molar-refractivity contribution in [3.63, 3.8) is 0 Å². The zero-order valence-corrected chi connectivity index (χ0v) is 80.6. The average Bonchev–Trinajstić information content (AvgIpc) is 1.65. The SMILES string of the molecule is C.C1CCOC1.CCC(=O)Cl.CCC(=O)n1nc(-c2cccnc2)nc1N(C)C.CCN(CC)CC.CCO.CN(C)C(=N)n1nnc2ccccc21.CN(C)C(=NC(=O)c1cccnc1)n1nnc2ccccc21.CN(C)c1n[nH]c(-c2cccnc2)n1.CNC.ClC(Cl)Cl.N=C(n1nnc2ccccc21)n1nnc2ccccc21.O=C(Cl)c1cccnc1.c1ccc2n[nH]nc2c1. The van der Waals surface area contributed by atoms with Crippen LogP contribution in [0.25, 0.3) is 77.9 Å². The molecule has 11 aromatic heterocycles. The molecule has 1 aliphatic rings. The van der Waals surface area contributed by atoms with Gasteiger partial charge in [0.2, 0.25) is 40.9 Å². The first-order valence-corrected chi connectivity index (χ1v) is 43.4. The predicted octanol–water partition coefficient (Wildman–Crippen LogP) is 14.3. The average molecular weight is 1930 g/mol. The summed E-state index contributed by atoms with van der Waals surface area (Å²) in [6.45, 7) is 17.6. The molecule has 134 heavy (non-hydrogen) atoms. The first-order valence-electron chi connectivity index (χ1n) is 41.4. The maximum Gasteiger partial charge on any atom is 0.281 e. The number of rotatable bonds is 11. The summed E-state index contributed by atoms with van der Waals surface area (Å²) < 4.78 is 11.5. The number of aliphatic hydroxyl groups excluding tert-OH is 1. The topological polar surface area (TPSA) is 474 Å². The quantitative estimate of drug-likeness (QED) is 0.0303. The number of hydrogen-bond donors (Lipinski definition) is 6. The molecule has 0 aliphatic carbocycles. The number of alkyl halides is 3. The third kappa shape index (κ3) is 37.8.